The van der Waals surface area contributed by atoms with Gasteiger partial charge in [-0.1, -0.05) is 58.4 Å². The van der Waals surface area contributed by atoms with Gasteiger partial charge in [0.25, 0.3) is 0 Å². The predicted molar refractivity (Wildman–Crippen MR) is 89.7 cm³/mol. The minimum absolute atomic E-state index is 0.0728. The Morgan fingerprint density at radius 1 is 0.762 bits per heavy atom. The molecule has 1 aromatic carbocycles. The second kappa shape index (κ2) is 10.7. The number of aryl methyl sites for hydroxylation is 2. The third-order valence-corrected chi connectivity index (χ3v) is 4.12. The zero-order chi connectivity index (χ0) is 15.5. The van der Waals surface area contributed by atoms with E-state index in [0.29, 0.717) is 11.3 Å². The number of hydrogen-bond acceptors (Lipinski definition) is 2. The van der Waals surface area contributed by atoms with Gasteiger partial charge in [0.15, 0.2) is 0 Å². The number of unbranched alkanes of at least 4 members (excludes halogenated alkanes) is 6. The molecule has 0 aromatic heterocycles. The fourth-order valence-corrected chi connectivity index (χ4v) is 2.79. The summed E-state index contributed by atoms with van der Waals surface area (Å²) >= 11 is 0. The molecule has 2 N–H and O–H groups in total. The molecule has 2 nitrogen and oxygen atoms in total. The van der Waals surface area contributed by atoms with Gasteiger partial charge in [0, 0.05) is 5.56 Å². The minimum Gasteiger partial charge on any atom is -0.507 e. The minimum atomic E-state index is -0.0728. The molecular formula is C19H32O2. The Bertz CT molecular complexity index is 399. The van der Waals surface area contributed by atoms with Gasteiger partial charge in [0.1, 0.15) is 5.75 Å². The van der Waals surface area contributed by atoms with Gasteiger partial charge in [-0.25, -0.2) is 0 Å². The van der Waals surface area contributed by atoms with E-state index in [1.807, 2.05) is 6.07 Å². The van der Waals surface area contributed by atoms with Crippen molar-refractivity contribution in [1.29, 1.82) is 0 Å². The van der Waals surface area contributed by atoms with Crippen LogP contribution in [0.1, 0.15) is 81.9 Å². The molecule has 0 saturated carbocycles. The molecule has 0 radical (unpaired) electrons. The first kappa shape index (κ1) is 18.0. The molecule has 0 heterocycles. The molecule has 0 fully saturated rings. The summed E-state index contributed by atoms with van der Waals surface area (Å²) in [6, 6.07) is 4.11. The zero-order valence-corrected chi connectivity index (χ0v) is 13.8. The normalized spacial score (nSPS) is 11.0. The maximum Gasteiger partial charge on any atom is 0.124 e. The molecule has 0 spiro atoms. The SMILES string of the molecule is CCCCCCc1cc(CO)c(O)c(CCCCCC)c1. The van der Waals surface area contributed by atoms with Crippen LogP contribution in [0.15, 0.2) is 12.1 Å². The van der Waals surface area contributed by atoms with Crippen molar-refractivity contribution in [2.45, 2.75) is 84.7 Å². The molecule has 0 aliphatic rings. The number of benzene rings is 1. The van der Waals surface area contributed by atoms with Crippen molar-refractivity contribution in [3.63, 3.8) is 0 Å². The van der Waals surface area contributed by atoms with Crippen molar-refractivity contribution >= 4 is 0 Å². The van der Waals surface area contributed by atoms with Crippen molar-refractivity contribution < 1.29 is 10.2 Å². The summed E-state index contributed by atoms with van der Waals surface area (Å²) in [6.45, 7) is 4.35. The molecule has 120 valence electrons. The lowest BCUT2D eigenvalue weighted by molar-refractivity contribution is 0.275. The number of phenols is 1. The summed E-state index contributed by atoms with van der Waals surface area (Å²) in [7, 11) is 0. The van der Waals surface area contributed by atoms with E-state index in [-0.39, 0.29) is 6.61 Å². The van der Waals surface area contributed by atoms with E-state index in [1.54, 1.807) is 0 Å². The van der Waals surface area contributed by atoms with Crippen LogP contribution in [0.5, 0.6) is 5.75 Å². The average Bonchev–Trinajstić information content (AvgIpc) is 2.50. The van der Waals surface area contributed by atoms with Crippen LogP contribution in [0.3, 0.4) is 0 Å². The molecule has 2 heteroatoms. The summed E-state index contributed by atoms with van der Waals surface area (Å²) in [5, 5.41) is 19.6. The molecular weight excluding hydrogens is 260 g/mol. The van der Waals surface area contributed by atoms with Crippen molar-refractivity contribution in [3.05, 3.63) is 28.8 Å². The van der Waals surface area contributed by atoms with Crippen molar-refractivity contribution in [3.8, 4) is 5.75 Å². The Morgan fingerprint density at radius 2 is 1.33 bits per heavy atom. The molecule has 0 saturated heterocycles. The highest BCUT2D eigenvalue weighted by molar-refractivity contribution is 5.43. The van der Waals surface area contributed by atoms with E-state index in [0.717, 1.165) is 24.8 Å². The topological polar surface area (TPSA) is 40.5 Å². The molecule has 0 atom stereocenters. The highest BCUT2D eigenvalue weighted by Gasteiger charge is 2.09. The van der Waals surface area contributed by atoms with Crippen molar-refractivity contribution in [1.82, 2.24) is 0 Å². The number of aliphatic hydroxyl groups is 1. The van der Waals surface area contributed by atoms with Crippen molar-refractivity contribution in [2.24, 2.45) is 0 Å². The van der Waals surface area contributed by atoms with Gasteiger partial charge in [-0.15, -0.1) is 0 Å². The predicted octanol–water partition coefficient (Wildman–Crippen LogP) is 5.13. The molecule has 1 rings (SSSR count). The van der Waals surface area contributed by atoms with Gasteiger partial charge in [-0.3, -0.25) is 0 Å². The van der Waals surface area contributed by atoms with E-state index in [1.165, 1.54) is 50.5 Å². The van der Waals surface area contributed by atoms with Gasteiger partial charge < -0.3 is 10.2 Å². The lowest BCUT2D eigenvalue weighted by Crippen LogP contribution is -1.97. The molecule has 21 heavy (non-hydrogen) atoms. The Kier molecular flexibility index (Phi) is 9.16. The van der Waals surface area contributed by atoms with Crippen molar-refractivity contribution in [2.75, 3.05) is 0 Å². The van der Waals surface area contributed by atoms with Gasteiger partial charge in [-0.05, 0) is 42.9 Å². The zero-order valence-electron chi connectivity index (χ0n) is 13.8. The second-order valence-electron chi connectivity index (χ2n) is 6.04. The fraction of sp³-hybridized carbons (Fsp3) is 0.684. The van der Waals surface area contributed by atoms with Gasteiger partial charge in [-0.2, -0.15) is 0 Å². The third kappa shape index (κ3) is 6.52. The van der Waals surface area contributed by atoms with Crippen LogP contribution in [0.2, 0.25) is 0 Å². The smallest absolute Gasteiger partial charge is 0.124 e. The Morgan fingerprint density at radius 3 is 1.90 bits per heavy atom. The molecule has 1 aromatic rings. The summed E-state index contributed by atoms with van der Waals surface area (Å²) < 4.78 is 0. The lowest BCUT2D eigenvalue weighted by atomic mass is 9.96. The number of rotatable bonds is 11. The molecule has 0 amide bonds. The van der Waals surface area contributed by atoms with Crippen LogP contribution in [0.25, 0.3) is 0 Å². The summed E-state index contributed by atoms with van der Waals surface area (Å²) in [6.07, 6.45) is 11.8. The maximum atomic E-state index is 10.2. The quantitative estimate of drug-likeness (QED) is 0.555. The van der Waals surface area contributed by atoms with E-state index >= 15 is 0 Å². The maximum absolute atomic E-state index is 10.2. The molecule has 0 bridgehead atoms. The van der Waals surface area contributed by atoms with Gasteiger partial charge in [0.2, 0.25) is 0 Å². The fourth-order valence-electron chi connectivity index (χ4n) is 2.79. The molecule has 0 aliphatic carbocycles. The average molecular weight is 292 g/mol. The highest BCUT2D eigenvalue weighted by atomic mass is 16.3. The second-order valence-corrected chi connectivity index (χ2v) is 6.04. The van der Waals surface area contributed by atoms with Gasteiger partial charge in [0.05, 0.1) is 6.61 Å². The lowest BCUT2D eigenvalue weighted by Gasteiger charge is -2.12. The third-order valence-electron chi connectivity index (χ3n) is 4.12. The number of hydrogen-bond donors (Lipinski definition) is 2. The van der Waals surface area contributed by atoms with E-state index < -0.39 is 0 Å². The molecule has 0 unspecified atom stereocenters. The number of aliphatic hydroxyl groups excluding tert-OH is 1. The Labute approximate surface area is 130 Å². The largest absolute Gasteiger partial charge is 0.507 e. The van der Waals surface area contributed by atoms with Crippen LogP contribution in [-0.2, 0) is 19.4 Å². The first-order valence-corrected chi connectivity index (χ1v) is 8.67. The first-order chi connectivity index (χ1) is 10.2. The Balaban J connectivity index is 2.66. The highest BCUT2D eigenvalue weighted by Crippen LogP contribution is 2.27. The summed E-state index contributed by atoms with van der Waals surface area (Å²) in [5.74, 6) is 0.311. The number of aromatic hydroxyl groups is 1. The standard InChI is InChI=1S/C19H32O2/c1-3-5-7-9-11-16-13-17(12-10-8-6-4-2)19(21)18(14-16)15-20/h13-14,20-21H,3-12,15H2,1-2H3. The van der Waals surface area contributed by atoms with Crippen LogP contribution in [-0.4, -0.2) is 10.2 Å². The van der Waals surface area contributed by atoms with Crippen LogP contribution < -0.4 is 0 Å². The van der Waals surface area contributed by atoms with Crippen LogP contribution in [0.4, 0.5) is 0 Å². The van der Waals surface area contributed by atoms with E-state index in [2.05, 4.69) is 19.9 Å². The van der Waals surface area contributed by atoms with Gasteiger partial charge >= 0.3 is 0 Å². The van der Waals surface area contributed by atoms with Crippen LogP contribution >= 0.6 is 0 Å². The molecule has 0 aliphatic heterocycles. The van der Waals surface area contributed by atoms with Crippen LogP contribution in [0, 0.1) is 0 Å². The summed E-state index contributed by atoms with van der Waals surface area (Å²) in [4.78, 5) is 0. The monoisotopic (exact) mass is 292 g/mol. The first-order valence-electron chi connectivity index (χ1n) is 8.67. The Hall–Kier alpha value is -1.02. The van der Waals surface area contributed by atoms with E-state index in [4.69, 9.17) is 0 Å². The summed E-state index contributed by atoms with van der Waals surface area (Å²) in [5.41, 5.74) is 2.97. The van der Waals surface area contributed by atoms with E-state index in [9.17, 15) is 10.2 Å².